The zero-order valence-corrected chi connectivity index (χ0v) is 9.97. The highest BCUT2D eigenvalue weighted by molar-refractivity contribution is 7.90. The molecule has 0 bridgehead atoms. The largest absolute Gasteiger partial charge is 0.398 e. The van der Waals surface area contributed by atoms with Crippen molar-refractivity contribution in [2.75, 3.05) is 18.5 Å². The first-order valence-electron chi connectivity index (χ1n) is 4.74. The standard InChI is InChI=1S/C10H14N2O3S/c1-3-12-10(13)7-4-5-8(11)9(6-7)16(2,14)15/h4-6H,3,11H2,1-2H3,(H,12,13). The Morgan fingerprint density at radius 1 is 1.44 bits per heavy atom. The van der Waals surface area contributed by atoms with Gasteiger partial charge in [-0.1, -0.05) is 0 Å². The predicted octanol–water partition coefficient (Wildman–Crippen LogP) is 0.422. The molecular weight excluding hydrogens is 228 g/mol. The van der Waals surface area contributed by atoms with Crippen LogP contribution in [-0.4, -0.2) is 27.1 Å². The van der Waals surface area contributed by atoms with Gasteiger partial charge in [0, 0.05) is 18.4 Å². The summed E-state index contributed by atoms with van der Waals surface area (Å²) in [6, 6.07) is 4.20. The molecule has 0 saturated carbocycles. The van der Waals surface area contributed by atoms with E-state index in [1.807, 2.05) is 0 Å². The van der Waals surface area contributed by atoms with Crippen molar-refractivity contribution in [3.63, 3.8) is 0 Å². The zero-order valence-electron chi connectivity index (χ0n) is 9.15. The molecule has 0 saturated heterocycles. The van der Waals surface area contributed by atoms with Crippen LogP contribution in [0, 0.1) is 0 Å². The van der Waals surface area contributed by atoms with Gasteiger partial charge in [-0.3, -0.25) is 4.79 Å². The maximum absolute atomic E-state index is 11.5. The van der Waals surface area contributed by atoms with Crippen molar-refractivity contribution in [1.29, 1.82) is 0 Å². The van der Waals surface area contributed by atoms with Crippen LogP contribution in [0.1, 0.15) is 17.3 Å². The molecule has 1 rings (SSSR count). The molecule has 0 unspecified atom stereocenters. The van der Waals surface area contributed by atoms with E-state index in [4.69, 9.17) is 5.73 Å². The highest BCUT2D eigenvalue weighted by Gasteiger charge is 2.14. The highest BCUT2D eigenvalue weighted by atomic mass is 32.2. The Morgan fingerprint density at radius 3 is 2.56 bits per heavy atom. The van der Waals surface area contributed by atoms with Gasteiger partial charge in [-0.2, -0.15) is 0 Å². The van der Waals surface area contributed by atoms with Crippen molar-refractivity contribution in [2.45, 2.75) is 11.8 Å². The summed E-state index contributed by atoms with van der Waals surface area (Å²) in [5.41, 5.74) is 5.98. The van der Waals surface area contributed by atoms with Crippen LogP contribution >= 0.6 is 0 Å². The van der Waals surface area contributed by atoms with Crippen LogP contribution in [0.3, 0.4) is 0 Å². The molecule has 0 aliphatic heterocycles. The molecule has 0 aliphatic rings. The van der Waals surface area contributed by atoms with Gasteiger partial charge in [-0.05, 0) is 25.1 Å². The number of sulfone groups is 1. The number of nitrogens with one attached hydrogen (secondary N) is 1. The topological polar surface area (TPSA) is 89.3 Å². The van der Waals surface area contributed by atoms with Crippen LogP contribution in [0.2, 0.25) is 0 Å². The number of hydrogen-bond donors (Lipinski definition) is 2. The van der Waals surface area contributed by atoms with E-state index in [1.165, 1.54) is 18.2 Å². The second-order valence-electron chi connectivity index (χ2n) is 3.38. The van der Waals surface area contributed by atoms with Crippen molar-refractivity contribution in [3.8, 4) is 0 Å². The maximum atomic E-state index is 11.5. The van der Waals surface area contributed by atoms with E-state index in [9.17, 15) is 13.2 Å². The Morgan fingerprint density at radius 2 is 2.06 bits per heavy atom. The van der Waals surface area contributed by atoms with Crippen molar-refractivity contribution in [2.24, 2.45) is 0 Å². The first-order valence-corrected chi connectivity index (χ1v) is 6.63. The van der Waals surface area contributed by atoms with E-state index in [0.717, 1.165) is 6.26 Å². The fraction of sp³-hybridized carbons (Fsp3) is 0.300. The van der Waals surface area contributed by atoms with Crippen molar-refractivity contribution >= 4 is 21.4 Å². The summed E-state index contributed by atoms with van der Waals surface area (Å²) in [7, 11) is -3.41. The third-order valence-corrected chi connectivity index (χ3v) is 3.17. The lowest BCUT2D eigenvalue weighted by Crippen LogP contribution is -2.23. The Hall–Kier alpha value is -1.56. The highest BCUT2D eigenvalue weighted by Crippen LogP contribution is 2.19. The number of anilines is 1. The predicted molar refractivity (Wildman–Crippen MR) is 62.0 cm³/mol. The molecule has 1 aromatic rings. The molecule has 3 N–H and O–H groups in total. The zero-order chi connectivity index (χ0) is 12.3. The van der Waals surface area contributed by atoms with Crippen LogP contribution in [0.5, 0.6) is 0 Å². The average molecular weight is 242 g/mol. The fourth-order valence-corrected chi connectivity index (χ4v) is 2.10. The monoisotopic (exact) mass is 242 g/mol. The Kier molecular flexibility index (Phi) is 3.54. The van der Waals surface area contributed by atoms with E-state index in [1.54, 1.807) is 6.92 Å². The molecule has 1 amide bonds. The molecule has 1 aromatic carbocycles. The number of carbonyl (C=O) groups excluding carboxylic acids is 1. The molecule has 16 heavy (non-hydrogen) atoms. The lowest BCUT2D eigenvalue weighted by Gasteiger charge is -2.06. The number of rotatable bonds is 3. The number of amides is 1. The minimum atomic E-state index is -3.41. The maximum Gasteiger partial charge on any atom is 0.251 e. The second-order valence-corrected chi connectivity index (χ2v) is 5.37. The molecule has 0 spiro atoms. The molecule has 0 fully saturated rings. The molecule has 6 heteroatoms. The molecule has 0 atom stereocenters. The summed E-state index contributed by atoms with van der Waals surface area (Å²) in [6.07, 6.45) is 1.06. The van der Waals surface area contributed by atoms with E-state index < -0.39 is 9.84 Å². The first-order chi connectivity index (χ1) is 7.36. The van der Waals surface area contributed by atoms with Crippen molar-refractivity contribution < 1.29 is 13.2 Å². The van der Waals surface area contributed by atoms with Gasteiger partial charge in [0.1, 0.15) is 0 Å². The Labute approximate surface area is 94.6 Å². The Balaban J connectivity index is 3.23. The average Bonchev–Trinajstić information content (AvgIpc) is 2.16. The quantitative estimate of drug-likeness (QED) is 0.752. The third-order valence-electron chi connectivity index (χ3n) is 2.01. The van der Waals surface area contributed by atoms with Crippen molar-refractivity contribution in [1.82, 2.24) is 5.32 Å². The number of hydrogen-bond acceptors (Lipinski definition) is 4. The lowest BCUT2D eigenvalue weighted by molar-refractivity contribution is 0.0955. The van der Waals surface area contributed by atoms with Crippen LogP contribution in [0.4, 0.5) is 5.69 Å². The van der Waals surface area contributed by atoms with Gasteiger partial charge >= 0.3 is 0 Å². The van der Waals surface area contributed by atoms with E-state index >= 15 is 0 Å². The Bertz CT molecular complexity index is 509. The summed E-state index contributed by atoms with van der Waals surface area (Å²) < 4.78 is 22.7. The minimum Gasteiger partial charge on any atom is -0.398 e. The van der Waals surface area contributed by atoms with Gasteiger partial charge < -0.3 is 11.1 Å². The number of nitrogens with two attached hydrogens (primary N) is 1. The van der Waals surface area contributed by atoms with Crippen LogP contribution in [0.25, 0.3) is 0 Å². The van der Waals surface area contributed by atoms with Crippen molar-refractivity contribution in [3.05, 3.63) is 23.8 Å². The van der Waals surface area contributed by atoms with Crippen LogP contribution < -0.4 is 11.1 Å². The number of benzene rings is 1. The molecule has 88 valence electrons. The van der Waals surface area contributed by atoms with Crippen LogP contribution in [-0.2, 0) is 9.84 Å². The van der Waals surface area contributed by atoms with E-state index in [0.29, 0.717) is 6.54 Å². The molecule has 0 radical (unpaired) electrons. The lowest BCUT2D eigenvalue weighted by atomic mass is 10.2. The third kappa shape index (κ3) is 2.73. The van der Waals surface area contributed by atoms with Gasteiger partial charge in [0.15, 0.2) is 9.84 Å². The fourth-order valence-electron chi connectivity index (χ4n) is 1.26. The molecule has 0 aromatic heterocycles. The van der Waals surface area contributed by atoms with Gasteiger partial charge in [0.2, 0.25) is 0 Å². The van der Waals surface area contributed by atoms with E-state index in [2.05, 4.69) is 5.32 Å². The summed E-state index contributed by atoms with van der Waals surface area (Å²) in [6.45, 7) is 2.27. The molecular formula is C10H14N2O3S. The molecule has 0 heterocycles. The van der Waals surface area contributed by atoms with Gasteiger partial charge in [0.25, 0.3) is 5.91 Å². The normalized spacial score (nSPS) is 11.1. The number of nitrogen functional groups attached to an aromatic ring is 1. The minimum absolute atomic E-state index is 0.0174. The van der Waals surface area contributed by atoms with Gasteiger partial charge in [-0.15, -0.1) is 0 Å². The summed E-state index contributed by atoms with van der Waals surface area (Å²) >= 11 is 0. The smallest absolute Gasteiger partial charge is 0.251 e. The second kappa shape index (κ2) is 4.52. The summed E-state index contributed by atoms with van der Waals surface area (Å²) in [4.78, 5) is 11.5. The molecule has 5 nitrogen and oxygen atoms in total. The summed E-state index contributed by atoms with van der Waals surface area (Å²) in [5.74, 6) is -0.313. The SMILES string of the molecule is CCNC(=O)c1ccc(N)c(S(C)(=O)=O)c1. The van der Waals surface area contributed by atoms with Gasteiger partial charge in [0.05, 0.1) is 10.6 Å². The first kappa shape index (κ1) is 12.5. The van der Waals surface area contributed by atoms with Crippen LogP contribution in [0.15, 0.2) is 23.1 Å². The molecule has 0 aliphatic carbocycles. The van der Waals surface area contributed by atoms with Gasteiger partial charge in [-0.25, -0.2) is 8.42 Å². The van der Waals surface area contributed by atoms with E-state index in [-0.39, 0.29) is 22.1 Å². The summed E-state index contributed by atoms with van der Waals surface area (Å²) in [5, 5.41) is 2.59. The number of carbonyl (C=O) groups is 1.